The van der Waals surface area contributed by atoms with Crippen LogP contribution in [0.15, 0.2) is 16.3 Å². The Bertz CT molecular complexity index is 576. The Kier molecular flexibility index (Phi) is 6.24. The first kappa shape index (κ1) is 17.7. The number of amides is 1. The van der Waals surface area contributed by atoms with Crippen molar-refractivity contribution in [3.63, 3.8) is 0 Å². The second-order valence-corrected chi connectivity index (χ2v) is 7.98. The first-order valence-electron chi connectivity index (χ1n) is 5.67. The Balaban J connectivity index is 0.00000200. The maximum atomic E-state index is 11.9. The standard InChI is InChI=1S/C10H14ClN3O3S2.ClH/c11-8-1-2-10(18-8)19(16,17)13-5-9(15)14-4-3-7(12)6-14;/h1-2,7,13H,3-6,12H2;1H/t7-;/m1./s1. The number of carbonyl (C=O) groups excluding carboxylic acids is 1. The topological polar surface area (TPSA) is 92.5 Å². The van der Waals surface area contributed by atoms with Crippen LogP contribution in [0.2, 0.25) is 4.34 Å². The van der Waals surface area contributed by atoms with E-state index in [9.17, 15) is 13.2 Å². The van der Waals surface area contributed by atoms with Crippen LogP contribution < -0.4 is 10.5 Å². The van der Waals surface area contributed by atoms with Crippen LogP contribution in [0.4, 0.5) is 0 Å². The van der Waals surface area contributed by atoms with Gasteiger partial charge in [0.25, 0.3) is 10.0 Å². The maximum absolute atomic E-state index is 11.9. The molecule has 1 saturated heterocycles. The number of carbonyl (C=O) groups is 1. The van der Waals surface area contributed by atoms with Gasteiger partial charge in [-0.3, -0.25) is 4.79 Å². The summed E-state index contributed by atoms with van der Waals surface area (Å²) in [6.45, 7) is 0.794. The van der Waals surface area contributed by atoms with E-state index in [1.165, 1.54) is 12.1 Å². The molecule has 1 amide bonds. The van der Waals surface area contributed by atoms with Crippen LogP contribution in [-0.4, -0.2) is 44.9 Å². The molecule has 1 aliphatic rings. The van der Waals surface area contributed by atoms with Crippen LogP contribution in [0, 0.1) is 0 Å². The van der Waals surface area contributed by atoms with Gasteiger partial charge >= 0.3 is 0 Å². The van der Waals surface area contributed by atoms with Crippen molar-refractivity contribution in [3.05, 3.63) is 16.5 Å². The molecule has 20 heavy (non-hydrogen) atoms. The van der Waals surface area contributed by atoms with Crippen LogP contribution in [0.1, 0.15) is 6.42 Å². The van der Waals surface area contributed by atoms with Gasteiger partial charge in [0.1, 0.15) is 4.21 Å². The van der Waals surface area contributed by atoms with Gasteiger partial charge in [-0.1, -0.05) is 11.6 Å². The third-order valence-corrected chi connectivity index (χ3v) is 5.93. The number of hydrogen-bond acceptors (Lipinski definition) is 5. The third-order valence-electron chi connectivity index (χ3n) is 2.80. The monoisotopic (exact) mass is 359 g/mol. The molecule has 1 atom stereocenters. The first-order chi connectivity index (χ1) is 8.88. The number of nitrogens with zero attached hydrogens (tertiary/aromatic N) is 1. The zero-order chi connectivity index (χ0) is 14.0. The van der Waals surface area contributed by atoms with Gasteiger partial charge in [-0.2, -0.15) is 0 Å². The minimum Gasteiger partial charge on any atom is -0.340 e. The summed E-state index contributed by atoms with van der Waals surface area (Å²) in [7, 11) is -3.67. The average Bonchev–Trinajstić information content (AvgIpc) is 2.95. The third kappa shape index (κ3) is 4.31. The van der Waals surface area contributed by atoms with Crippen molar-refractivity contribution < 1.29 is 13.2 Å². The lowest BCUT2D eigenvalue weighted by Gasteiger charge is -2.15. The quantitative estimate of drug-likeness (QED) is 0.825. The molecule has 0 spiro atoms. The highest BCUT2D eigenvalue weighted by Crippen LogP contribution is 2.25. The summed E-state index contributed by atoms with van der Waals surface area (Å²) in [5.41, 5.74) is 5.69. The molecular formula is C10H15Cl2N3O3S2. The van der Waals surface area contributed by atoms with Gasteiger partial charge in [0.2, 0.25) is 5.91 Å². The fraction of sp³-hybridized carbons (Fsp3) is 0.500. The molecule has 1 aromatic rings. The minimum atomic E-state index is -3.67. The van der Waals surface area contributed by atoms with Crippen molar-refractivity contribution in [1.82, 2.24) is 9.62 Å². The summed E-state index contributed by atoms with van der Waals surface area (Å²) in [5, 5.41) is 0. The molecular weight excluding hydrogens is 345 g/mol. The second-order valence-electron chi connectivity index (χ2n) is 4.27. The van der Waals surface area contributed by atoms with E-state index < -0.39 is 10.0 Å². The summed E-state index contributed by atoms with van der Waals surface area (Å²) in [6.07, 6.45) is 0.749. The zero-order valence-electron chi connectivity index (χ0n) is 10.4. The van der Waals surface area contributed by atoms with E-state index in [0.29, 0.717) is 17.4 Å². The molecule has 1 fully saturated rings. The number of thiophene rings is 1. The molecule has 0 saturated carbocycles. The molecule has 0 unspecified atom stereocenters. The highest BCUT2D eigenvalue weighted by Gasteiger charge is 2.25. The maximum Gasteiger partial charge on any atom is 0.250 e. The van der Waals surface area contributed by atoms with E-state index in [0.717, 1.165) is 17.8 Å². The van der Waals surface area contributed by atoms with Gasteiger partial charge < -0.3 is 10.6 Å². The molecule has 2 rings (SSSR count). The molecule has 114 valence electrons. The number of hydrogen-bond donors (Lipinski definition) is 2. The molecule has 1 aromatic heterocycles. The largest absolute Gasteiger partial charge is 0.340 e. The van der Waals surface area contributed by atoms with Gasteiger partial charge in [-0.25, -0.2) is 13.1 Å². The lowest BCUT2D eigenvalue weighted by molar-refractivity contribution is -0.128. The number of nitrogens with one attached hydrogen (secondary N) is 1. The average molecular weight is 360 g/mol. The minimum absolute atomic E-state index is 0. The summed E-state index contributed by atoms with van der Waals surface area (Å²) in [4.78, 5) is 13.4. The molecule has 10 heteroatoms. The Morgan fingerprint density at radius 3 is 2.75 bits per heavy atom. The Morgan fingerprint density at radius 1 is 1.55 bits per heavy atom. The highest BCUT2D eigenvalue weighted by molar-refractivity contribution is 7.91. The van der Waals surface area contributed by atoms with Crippen LogP contribution in [-0.2, 0) is 14.8 Å². The van der Waals surface area contributed by atoms with Crippen molar-refractivity contribution in [2.75, 3.05) is 19.6 Å². The number of nitrogens with two attached hydrogens (primary N) is 1. The van der Waals surface area contributed by atoms with Crippen molar-refractivity contribution >= 4 is 51.3 Å². The van der Waals surface area contributed by atoms with Gasteiger partial charge in [0.15, 0.2) is 0 Å². The number of halogens is 2. The normalized spacial score (nSPS) is 18.9. The molecule has 2 heterocycles. The predicted molar refractivity (Wildman–Crippen MR) is 80.9 cm³/mol. The molecule has 0 aromatic carbocycles. The van der Waals surface area contributed by atoms with Crippen LogP contribution >= 0.6 is 35.3 Å². The Labute approximate surface area is 132 Å². The highest BCUT2D eigenvalue weighted by atomic mass is 35.5. The summed E-state index contributed by atoms with van der Waals surface area (Å²) >= 11 is 6.64. The second kappa shape index (κ2) is 7.06. The van der Waals surface area contributed by atoms with Crippen molar-refractivity contribution in [2.45, 2.75) is 16.7 Å². The fourth-order valence-corrected chi connectivity index (χ4v) is 4.30. The SMILES string of the molecule is Cl.N[C@@H]1CCN(C(=O)CNS(=O)(=O)c2ccc(Cl)s2)C1. The number of sulfonamides is 1. The summed E-state index contributed by atoms with van der Waals surface area (Å²) in [6, 6.07) is 2.89. The number of rotatable bonds is 4. The van der Waals surface area contributed by atoms with E-state index in [1.807, 2.05) is 0 Å². The van der Waals surface area contributed by atoms with Gasteiger partial charge in [0.05, 0.1) is 10.9 Å². The Morgan fingerprint density at radius 2 is 2.25 bits per heavy atom. The Hall–Kier alpha value is -0.380. The smallest absolute Gasteiger partial charge is 0.250 e. The molecule has 3 N–H and O–H groups in total. The van der Waals surface area contributed by atoms with Gasteiger partial charge in [-0.05, 0) is 18.6 Å². The fourth-order valence-electron chi connectivity index (χ4n) is 1.80. The summed E-state index contributed by atoms with van der Waals surface area (Å²) < 4.78 is 26.5. The van der Waals surface area contributed by atoms with Gasteiger partial charge in [0, 0.05) is 19.1 Å². The van der Waals surface area contributed by atoms with Crippen LogP contribution in [0.5, 0.6) is 0 Å². The lowest BCUT2D eigenvalue weighted by Crippen LogP contribution is -2.39. The molecule has 0 aliphatic carbocycles. The van der Waals surface area contributed by atoms with E-state index in [4.69, 9.17) is 17.3 Å². The van der Waals surface area contributed by atoms with E-state index in [2.05, 4.69) is 4.72 Å². The predicted octanol–water partition coefficient (Wildman–Crippen LogP) is 0.661. The van der Waals surface area contributed by atoms with Crippen molar-refractivity contribution in [3.8, 4) is 0 Å². The van der Waals surface area contributed by atoms with E-state index in [-0.39, 0.29) is 35.1 Å². The molecule has 0 bridgehead atoms. The zero-order valence-corrected chi connectivity index (χ0v) is 13.6. The van der Waals surface area contributed by atoms with E-state index in [1.54, 1.807) is 4.90 Å². The van der Waals surface area contributed by atoms with Crippen molar-refractivity contribution in [1.29, 1.82) is 0 Å². The first-order valence-corrected chi connectivity index (χ1v) is 8.34. The number of likely N-dealkylation sites (tertiary alicyclic amines) is 1. The molecule has 0 radical (unpaired) electrons. The van der Waals surface area contributed by atoms with E-state index >= 15 is 0 Å². The molecule has 6 nitrogen and oxygen atoms in total. The van der Waals surface area contributed by atoms with Crippen molar-refractivity contribution in [2.24, 2.45) is 5.73 Å². The molecule has 1 aliphatic heterocycles. The van der Waals surface area contributed by atoms with Crippen LogP contribution in [0.3, 0.4) is 0 Å². The summed E-state index contributed by atoms with van der Waals surface area (Å²) in [5.74, 6) is -0.265. The van der Waals surface area contributed by atoms with Gasteiger partial charge in [-0.15, -0.1) is 23.7 Å². The van der Waals surface area contributed by atoms with Crippen LogP contribution in [0.25, 0.3) is 0 Å². The lowest BCUT2D eigenvalue weighted by atomic mass is 10.3.